The van der Waals surface area contributed by atoms with Crippen molar-refractivity contribution in [3.63, 3.8) is 0 Å². The maximum absolute atomic E-state index is 13.3. The van der Waals surface area contributed by atoms with Crippen LogP contribution in [0, 0.1) is 5.82 Å². The van der Waals surface area contributed by atoms with Gasteiger partial charge in [0.2, 0.25) is 0 Å². The van der Waals surface area contributed by atoms with E-state index in [-0.39, 0.29) is 11.9 Å². The minimum Gasteiger partial charge on any atom is -0.423 e. The Kier molecular flexibility index (Phi) is 8.62. The van der Waals surface area contributed by atoms with E-state index >= 15 is 0 Å². The standard InChI is InChI=1S/C16H23BF4O2/c18-15-11-13(10-14(12-15)17(22)23)8-6-4-2-1-3-5-7-9-16(19,20)21/h10-12,22-23H,1-9H2. The number of rotatable bonds is 10. The molecule has 0 spiro atoms. The highest BCUT2D eigenvalue weighted by atomic mass is 19.4. The number of benzene rings is 1. The van der Waals surface area contributed by atoms with Crippen LogP contribution in [-0.4, -0.2) is 23.3 Å². The number of hydrogen-bond donors (Lipinski definition) is 2. The third kappa shape index (κ3) is 9.61. The molecule has 0 saturated carbocycles. The Morgan fingerprint density at radius 2 is 1.39 bits per heavy atom. The van der Waals surface area contributed by atoms with Crippen molar-refractivity contribution in [2.75, 3.05) is 0 Å². The number of alkyl halides is 3. The summed E-state index contributed by atoms with van der Waals surface area (Å²) in [7, 11) is -1.68. The van der Waals surface area contributed by atoms with Gasteiger partial charge in [0.15, 0.2) is 0 Å². The summed E-state index contributed by atoms with van der Waals surface area (Å²) in [6, 6.07) is 4.04. The van der Waals surface area contributed by atoms with Crippen molar-refractivity contribution in [1.29, 1.82) is 0 Å². The molecule has 0 bridgehead atoms. The number of aryl methyl sites for hydroxylation is 1. The number of unbranched alkanes of at least 4 members (excludes halogenated alkanes) is 6. The molecule has 2 nitrogen and oxygen atoms in total. The first-order valence-corrected chi connectivity index (χ1v) is 8.00. The van der Waals surface area contributed by atoms with Gasteiger partial charge in [0.05, 0.1) is 0 Å². The molecule has 0 amide bonds. The van der Waals surface area contributed by atoms with Crippen LogP contribution in [0.5, 0.6) is 0 Å². The molecule has 0 radical (unpaired) electrons. The van der Waals surface area contributed by atoms with Crippen LogP contribution >= 0.6 is 0 Å². The molecule has 0 aliphatic heterocycles. The zero-order valence-corrected chi connectivity index (χ0v) is 13.1. The maximum atomic E-state index is 13.3. The molecule has 1 aromatic carbocycles. The minimum atomic E-state index is -4.05. The molecule has 2 N–H and O–H groups in total. The van der Waals surface area contributed by atoms with Gasteiger partial charge in [-0.15, -0.1) is 0 Å². The lowest BCUT2D eigenvalue weighted by atomic mass is 9.79. The first-order chi connectivity index (χ1) is 10.8. The molecular weight excluding hydrogens is 311 g/mol. The highest BCUT2D eigenvalue weighted by Gasteiger charge is 2.25. The van der Waals surface area contributed by atoms with Gasteiger partial charge in [-0.3, -0.25) is 0 Å². The van der Waals surface area contributed by atoms with Crippen LogP contribution < -0.4 is 5.46 Å². The van der Waals surface area contributed by atoms with Gasteiger partial charge in [0.25, 0.3) is 0 Å². The third-order valence-corrected chi connectivity index (χ3v) is 3.70. The quantitative estimate of drug-likeness (QED) is 0.389. The largest absolute Gasteiger partial charge is 0.488 e. The predicted molar refractivity (Wildman–Crippen MR) is 82.9 cm³/mol. The summed E-state index contributed by atoms with van der Waals surface area (Å²) in [5, 5.41) is 18.1. The summed E-state index contributed by atoms with van der Waals surface area (Å²) < 4.78 is 49.1. The Hall–Kier alpha value is -1.08. The van der Waals surface area contributed by atoms with Gasteiger partial charge < -0.3 is 10.0 Å². The van der Waals surface area contributed by atoms with Crippen molar-refractivity contribution in [1.82, 2.24) is 0 Å². The van der Waals surface area contributed by atoms with Crippen LogP contribution in [-0.2, 0) is 6.42 Å². The van der Waals surface area contributed by atoms with Gasteiger partial charge in [-0.1, -0.05) is 38.2 Å². The van der Waals surface area contributed by atoms with Crippen molar-refractivity contribution in [2.45, 2.75) is 64.0 Å². The SMILES string of the molecule is OB(O)c1cc(F)cc(CCCCCCCCCC(F)(F)F)c1. The summed E-state index contributed by atoms with van der Waals surface area (Å²) in [6.45, 7) is 0. The molecule has 0 heterocycles. The lowest BCUT2D eigenvalue weighted by Gasteiger charge is -2.07. The second kappa shape index (κ2) is 9.93. The highest BCUT2D eigenvalue weighted by molar-refractivity contribution is 6.58. The fraction of sp³-hybridized carbons (Fsp3) is 0.625. The first kappa shape index (κ1) is 20.0. The number of halogens is 4. The molecule has 1 rings (SSSR count). The summed E-state index contributed by atoms with van der Waals surface area (Å²) >= 11 is 0. The average Bonchev–Trinajstić information content (AvgIpc) is 2.43. The highest BCUT2D eigenvalue weighted by Crippen LogP contribution is 2.23. The van der Waals surface area contributed by atoms with Crippen molar-refractivity contribution in [2.24, 2.45) is 0 Å². The second-order valence-corrected chi connectivity index (χ2v) is 5.86. The first-order valence-electron chi connectivity index (χ1n) is 8.00. The molecule has 0 atom stereocenters. The van der Waals surface area contributed by atoms with E-state index < -0.39 is 25.5 Å². The molecule has 0 unspecified atom stereocenters. The molecule has 23 heavy (non-hydrogen) atoms. The van der Waals surface area contributed by atoms with Crippen LogP contribution in [0.3, 0.4) is 0 Å². The van der Waals surface area contributed by atoms with E-state index in [2.05, 4.69) is 0 Å². The van der Waals surface area contributed by atoms with E-state index in [1.165, 1.54) is 6.07 Å². The normalized spacial score (nSPS) is 11.7. The predicted octanol–water partition coefficient (Wildman–Crippen LogP) is 3.73. The Morgan fingerprint density at radius 3 is 1.96 bits per heavy atom. The van der Waals surface area contributed by atoms with Gasteiger partial charge in [-0.05, 0) is 42.4 Å². The fourth-order valence-corrected chi connectivity index (χ4v) is 2.51. The van der Waals surface area contributed by atoms with E-state index in [0.717, 1.165) is 43.7 Å². The van der Waals surface area contributed by atoms with Crippen molar-refractivity contribution < 1.29 is 27.6 Å². The average molecular weight is 334 g/mol. The van der Waals surface area contributed by atoms with Gasteiger partial charge >= 0.3 is 13.3 Å². The van der Waals surface area contributed by atoms with Crippen LogP contribution in [0.4, 0.5) is 17.6 Å². The van der Waals surface area contributed by atoms with E-state index in [1.807, 2.05) is 0 Å². The topological polar surface area (TPSA) is 40.5 Å². The second-order valence-electron chi connectivity index (χ2n) is 5.86. The summed E-state index contributed by atoms with van der Waals surface area (Å²) in [5.74, 6) is -0.490. The lowest BCUT2D eigenvalue weighted by molar-refractivity contribution is -0.135. The summed E-state index contributed by atoms with van der Waals surface area (Å²) in [5.41, 5.74) is 0.864. The Labute approximate surface area is 134 Å². The Bertz CT molecular complexity index is 464. The minimum absolute atomic E-state index is 0.143. The van der Waals surface area contributed by atoms with Crippen LogP contribution in [0.1, 0.15) is 56.9 Å². The van der Waals surface area contributed by atoms with Crippen LogP contribution in [0.2, 0.25) is 0 Å². The molecule has 0 aliphatic carbocycles. The van der Waals surface area contributed by atoms with Crippen molar-refractivity contribution in [3.8, 4) is 0 Å². The van der Waals surface area contributed by atoms with E-state index in [0.29, 0.717) is 12.8 Å². The molecule has 0 fully saturated rings. The summed E-state index contributed by atoms with van der Waals surface area (Å²) in [6.07, 6.45) is 1.10. The molecule has 130 valence electrons. The Balaban J connectivity index is 2.11. The monoisotopic (exact) mass is 334 g/mol. The van der Waals surface area contributed by atoms with Crippen LogP contribution in [0.25, 0.3) is 0 Å². The van der Waals surface area contributed by atoms with Gasteiger partial charge in [0, 0.05) is 6.42 Å². The van der Waals surface area contributed by atoms with Gasteiger partial charge in [-0.25, -0.2) is 4.39 Å². The molecular formula is C16H23BF4O2. The van der Waals surface area contributed by atoms with E-state index in [4.69, 9.17) is 10.0 Å². The molecule has 0 saturated heterocycles. The summed E-state index contributed by atoms with van der Waals surface area (Å²) in [4.78, 5) is 0. The molecule has 1 aromatic rings. The Morgan fingerprint density at radius 1 is 0.826 bits per heavy atom. The number of hydrogen-bond acceptors (Lipinski definition) is 2. The molecule has 0 aliphatic rings. The molecule has 0 aromatic heterocycles. The van der Waals surface area contributed by atoms with Gasteiger partial charge in [0.1, 0.15) is 5.82 Å². The smallest absolute Gasteiger partial charge is 0.423 e. The van der Waals surface area contributed by atoms with Crippen molar-refractivity contribution >= 4 is 12.6 Å². The lowest BCUT2D eigenvalue weighted by Crippen LogP contribution is -2.30. The van der Waals surface area contributed by atoms with Gasteiger partial charge in [-0.2, -0.15) is 13.2 Å². The third-order valence-electron chi connectivity index (χ3n) is 3.70. The van der Waals surface area contributed by atoms with E-state index in [9.17, 15) is 17.6 Å². The molecule has 7 heteroatoms. The van der Waals surface area contributed by atoms with Crippen LogP contribution in [0.15, 0.2) is 18.2 Å². The zero-order chi connectivity index (χ0) is 17.3. The van der Waals surface area contributed by atoms with E-state index in [1.54, 1.807) is 6.07 Å². The van der Waals surface area contributed by atoms with Crippen molar-refractivity contribution in [3.05, 3.63) is 29.6 Å². The zero-order valence-electron chi connectivity index (χ0n) is 13.1. The maximum Gasteiger partial charge on any atom is 0.488 e. The fourth-order valence-electron chi connectivity index (χ4n) is 2.51.